The van der Waals surface area contributed by atoms with Crippen LogP contribution in [-0.4, -0.2) is 35.1 Å². The van der Waals surface area contributed by atoms with Gasteiger partial charge in [0.1, 0.15) is 10.6 Å². The molecule has 0 atom stereocenters. The van der Waals surface area contributed by atoms with Crippen molar-refractivity contribution in [3.05, 3.63) is 28.3 Å². The summed E-state index contributed by atoms with van der Waals surface area (Å²) in [6, 6.07) is 3.35. The summed E-state index contributed by atoms with van der Waals surface area (Å²) in [6.45, 7) is 1.11. The van der Waals surface area contributed by atoms with Crippen LogP contribution >= 0.6 is 11.3 Å². The van der Waals surface area contributed by atoms with E-state index in [-0.39, 0.29) is 16.7 Å². The van der Waals surface area contributed by atoms with E-state index < -0.39 is 5.97 Å². The molecule has 1 aliphatic rings. The van der Waals surface area contributed by atoms with Gasteiger partial charge in [-0.25, -0.2) is 9.78 Å². The minimum Gasteiger partial charge on any atom is -0.476 e. The molecule has 110 valence electrons. The third-order valence-corrected chi connectivity index (χ3v) is 4.44. The summed E-state index contributed by atoms with van der Waals surface area (Å²) in [5.74, 6) is -0.947. The Morgan fingerprint density at radius 1 is 1.33 bits per heavy atom. The molecule has 1 N–H and O–H groups in total. The predicted molar refractivity (Wildman–Crippen MR) is 74.6 cm³/mol. The Hall–Kier alpha value is -1.99. The van der Waals surface area contributed by atoms with Crippen molar-refractivity contribution < 1.29 is 23.8 Å². The smallest absolute Gasteiger partial charge is 0.365 e. The van der Waals surface area contributed by atoms with Crippen molar-refractivity contribution in [3.63, 3.8) is 0 Å². The molecular formula is C14H13NO5S. The average molecular weight is 307 g/mol. The van der Waals surface area contributed by atoms with E-state index >= 15 is 0 Å². The molecule has 0 unspecified atom stereocenters. The number of aromatic nitrogens is 1. The Balaban J connectivity index is 1.99. The van der Waals surface area contributed by atoms with E-state index in [1.54, 1.807) is 12.1 Å². The highest BCUT2D eigenvalue weighted by molar-refractivity contribution is 7.16. The van der Waals surface area contributed by atoms with Gasteiger partial charge in [0, 0.05) is 19.1 Å². The van der Waals surface area contributed by atoms with Gasteiger partial charge in [-0.1, -0.05) is 0 Å². The van der Waals surface area contributed by atoms with Crippen molar-refractivity contribution in [2.24, 2.45) is 5.92 Å². The standard InChI is InChI=1S/C14H13NO5S/c16-11(8-3-6-19-7-4-8)12-10(9-2-1-5-20-9)15-13(21-12)14(17)18/h1-2,5,8H,3-4,6-7H2,(H,17,18). The number of carbonyl (C=O) groups is 2. The Bertz CT molecular complexity index is 655. The first kappa shape index (κ1) is 14.0. The zero-order chi connectivity index (χ0) is 14.8. The van der Waals surface area contributed by atoms with Gasteiger partial charge in [-0.3, -0.25) is 4.79 Å². The molecule has 0 aliphatic carbocycles. The lowest BCUT2D eigenvalue weighted by Crippen LogP contribution is -2.23. The van der Waals surface area contributed by atoms with Crippen LogP contribution < -0.4 is 0 Å². The molecule has 0 amide bonds. The van der Waals surface area contributed by atoms with Gasteiger partial charge in [-0.2, -0.15) is 0 Å². The molecule has 3 heterocycles. The molecule has 1 saturated heterocycles. The van der Waals surface area contributed by atoms with E-state index in [4.69, 9.17) is 14.3 Å². The van der Waals surface area contributed by atoms with Gasteiger partial charge in [0.25, 0.3) is 0 Å². The largest absolute Gasteiger partial charge is 0.476 e. The molecule has 6 nitrogen and oxygen atoms in total. The molecule has 0 bridgehead atoms. The second-order valence-corrected chi connectivity index (χ2v) is 5.73. The third kappa shape index (κ3) is 2.74. The van der Waals surface area contributed by atoms with Crippen LogP contribution in [-0.2, 0) is 4.74 Å². The molecule has 0 saturated carbocycles. The Morgan fingerprint density at radius 3 is 2.71 bits per heavy atom. The number of furan rings is 1. The lowest BCUT2D eigenvalue weighted by molar-refractivity contribution is 0.0547. The number of carbonyl (C=O) groups excluding carboxylic acids is 1. The Kier molecular flexibility index (Phi) is 3.85. The molecule has 0 aromatic carbocycles. The number of carboxylic acids is 1. The first-order valence-electron chi connectivity index (χ1n) is 6.57. The van der Waals surface area contributed by atoms with Gasteiger partial charge in [-0.05, 0) is 25.0 Å². The van der Waals surface area contributed by atoms with Crippen molar-refractivity contribution in [1.29, 1.82) is 0 Å². The highest BCUT2D eigenvalue weighted by Crippen LogP contribution is 2.32. The summed E-state index contributed by atoms with van der Waals surface area (Å²) < 4.78 is 10.5. The summed E-state index contributed by atoms with van der Waals surface area (Å²) in [5.41, 5.74) is 0.318. The summed E-state index contributed by atoms with van der Waals surface area (Å²) in [4.78, 5) is 28.1. The molecule has 1 aliphatic heterocycles. The number of nitrogens with zero attached hydrogens (tertiary/aromatic N) is 1. The van der Waals surface area contributed by atoms with Crippen LogP contribution in [0.3, 0.4) is 0 Å². The fraction of sp³-hybridized carbons (Fsp3) is 0.357. The number of hydrogen-bond acceptors (Lipinski definition) is 6. The van der Waals surface area contributed by atoms with E-state index in [0.29, 0.717) is 42.4 Å². The van der Waals surface area contributed by atoms with Gasteiger partial charge in [0.15, 0.2) is 11.5 Å². The fourth-order valence-electron chi connectivity index (χ4n) is 2.30. The normalized spacial score (nSPS) is 16.0. The SMILES string of the molecule is O=C(O)c1nc(-c2ccco2)c(C(=O)C2CCOCC2)s1. The van der Waals surface area contributed by atoms with Crippen LogP contribution in [0.4, 0.5) is 0 Å². The number of aromatic carboxylic acids is 1. The van der Waals surface area contributed by atoms with Gasteiger partial charge in [0.05, 0.1) is 6.26 Å². The maximum atomic E-state index is 12.6. The van der Waals surface area contributed by atoms with E-state index in [2.05, 4.69) is 4.98 Å². The molecule has 0 radical (unpaired) electrons. The summed E-state index contributed by atoms with van der Waals surface area (Å²) in [6.07, 6.45) is 2.77. The summed E-state index contributed by atoms with van der Waals surface area (Å²) >= 11 is 0.907. The molecule has 1 fully saturated rings. The molecule has 2 aromatic heterocycles. The molecule has 3 rings (SSSR count). The quantitative estimate of drug-likeness (QED) is 0.873. The minimum atomic E-state index is -1.14. The number of ketones is 1. The second kappa shape index (κ2) is 5.79. The van der Waals surface area contributed by atoms with Crippen molar-refractivity contribution in [2.75, 3.05) is 13.2 Å². The first-order valence-corrected chi connectivity index (χ1v) is 7.38. The van der Waals surface area contributed by atoms with E-state index in [1.807, 2.05) is 0 Å². The third-order valence-electron chi connectivity index (χ3n) is 3.38. The van der Waals surface area contributed by atoms with Gasteiger partial charge >= 0.3 is 5.97 Å². The van der Waals surface area contributed by atoms with Crippen molar-refractivity contribution >= 4 is 23.1 Å². The Labute approximate surface area is 124 Å². The molecule has 7 heteroatoms. The number of Topliss-reactive ketones (excluding diaryl/α,β-unsaturated/α-hetero) is 1. The van der Waals surface area contributed by atoms with Crippen molar-refractivity contribution in [1.82, 2.24) is 4.98 Å². The second-order valence-electron chi connectivity index (χ2n) is 4.73. The van der Waals surface area contributed by atoms with E-state index in [9.17, 15) is 9.59 Å². The lowest BCUT2D eigenvalue weighted by atomic mass is 9.94. The maximum absolute atomic E-state index is 12.6. The van der Waals surface area contributed by atoms with E-state index in [1.165, 1.54) is 6.26 Å². The van der Waals surface area contributed by atoms with Gasteiger partial charge < -0.3 is 14.3 Å². The van der Waals surface area contributed by atoms with Crippen LogP contribution in [0.25, 0.3) is 11.5 Å². The molecule has 21 heavy (non-hydrogen) atoms. The monoisotopic (exact) mass is 307 g/mol. The zero-order valence-electron chi connectivity index (χ0n) is 11.1. The van der Waals surface area contributed by atoms with Crippen LogP contribution in [0.2, 0.25) is 0 Å². The number of rotatable bonds is 4. The van der Waals surface area contributed by atoms with Crippen molar-refractivity contribution in [2.45, 2.75) is 12.8 Å². The topological polar surface area (TPSA) is 89.6 Å². The number of hydrogen-bond donors (Lipinski definition) is 1. The maximum Gasteiger partial charge on any atom is 0.365 e. The molecular weight excluding hydrogens is 294 g/mol. The van der Waals surface area contributed by atoms with Gasteiger partial charge in [-0.15, -0.1) is 11.3 Å². The summed E-state index contributed by atoms with van der Waals surface area (Å²) in [7, 11) is 0. The van der Waals surface area contributed by atoms with Crippen LogP contribution in [0.1, 0.15) is 32.3 Å². The highest BCUT2D eigenvalue weighted by atomic mass is 32.1. The summed E-state index contributed by atoms with van der Waals surface area (Å²) in [5, 5.41) is 9.00. The molecule has 0 spiro atoms. The molecule has 2 aromatic rings. The fourth-order valence-corrected chi connectivity index (χ4v) is 3.23. The zero-order valence-corrected chi connectivity index (χ0v) is 11.9. The number of ether oxygens (including phenoxy) is 1. The van der Waals surface area contributed by atoms with Gasteiger partial charge in [0.2, 0.25) is 5.01 Å². The van der Waals surface area contributed by atoms with Crippen LogP contribution in [0.5, 0.6) is 0 Å². The Morgan fingerprint density at radius 2 is 2.10 bits per heavy atom. The van der Waals surface area contributed by atoms with Crippen LogP contribution in [0.15, 0.2) is 22.8 Å². The van der Waals surface area contributed by atoms with E-state index in [0.717, 1.165) is 11.3 Å². The van der Waals surface area contributed by atoms with Crippen molar-refractivity contribution in [3.8, 4) is 11.5 Å². The van der Waals surface area contributed by atoms with Crippen LogP contribution in [0, 0.1) is 5.92 Å². The minimum absolute atomic E-state index is 0.0744. The number of thiazole rings is 1. The lowest BCUT2D eigenvalue weighted by Gasteiger charge is -2.20. The highest BCUT2D eigenvalue weighted by Gasteiger charge is 2.30. The predicted octanol–water partition coefficient (Wildman–Crippen LogP) is 2.71. The first-order chi connectivity index (χ1) is 10.2. The average Bonchev–Trinajstić information content (AvgIpc) is 3.16. The number of carboxylic acid groups (broad SMARTS) is 1.